The number of hydrogen-bond donors (Lipinski definition) is 1. The largest absolute Gasteiger partial charge is 0.470 e. The van der Waals surface area contributed by atoms with Crippen molar-refractivity contribution in [2.45, 2.75) is 42.7 Å². The standard InChI is InChI=1S/C17H19ClN2O2/c1-19-9-6-14-20-16-7-8-17(16,15(21)13(10-16)22-14)11-4-2-3-5-12(11)18/h2-5,13,19H,6-10H2,1H3. The number of aliphatic imine (C=N–C) groups is 1. The molecule has 1 N–H and O–H groups in total. The summed E-state index contributed by atoms with van der Waals surface area (Å²) in [6.07, 6.45) is 2.81. The van der Waals surface area contributed by atoms with Crippen molar-refractivity contribution in [2.24, 2.45) is 4.99 Å². The third kappa shape index (κ3) is 1.62. The first-order valence-corrected chi connectivity index (χ1v) is 8.20. The van der Waals surface area contributed by atoms with Crippen molar-refractivity contribution in [3.63, 3.8) is 0 Å². The Kier molecular flexibility index (Phi) is 3.10. The number of halogens is 1. The maximum Gasteiger partial charge on any atom is 0.186 e. The van der Waals surface area contributed by atoms with E-state index in [1.165, 1.54) is 0 Å². The Labute approximate surface area is 134 Å². The second-order valence-electron chi connectivity index (χ2n) is 6.45. The van der Waals surface area contributed by atoms with Gasteiger partial charge in [-0.05, 0) is 31.5 Å². The molecule has 0 radical (unpaired) electrons. The van der Waals surface area contributed by atoms with Gasteiger partial charge < -0.3 is 10.1 Å². The lowest BCUT2D eigenvalue weighted by Gasteiger charge is -2.52. The molecule has 1 aliphatic heterocycles. The van der Waals surface area contributed by atoms with Crippen LogP contribution < -0.4 is 5.32 Å². The van der Waals surface area contributed by atoms with E-state index in [0.717, 1.165) is 31.4 Å². The second kappa shape index (κ2) is 4.80. The molecule has 1 heterocycles. The number of ketones is 1. The van der Waals surface area contributed by atoms with Gasteiger partial charge in [0.25, 0.3) is 0 Å². The van der Waals surface area contributed by atoms with Crippen LogP contribution in [0.4, 0.5) is 0 Å². The summed E-state index contributed by atoms with van der Waals surface area (Å²) < 4.78 is 5.87. The number of Topliss-reactive ketones (excluding diaryl/α,β-unsaturated/α-hetero) is 1. The van der Waals surface area contributed by atoms with Gasteiger partial charge in [0, 0.05) is 24.4 Å². The molecule has 0 saturated heterocycles. The van der Waals surface area contributed by atoms with Gasteiger partial charge in [0.2, 0.25) is 0 Å². The average Bonchev–Trinajstić information content (AvgIpc) is 2.63. The lowest BCUT2D eigenvalue weighted by molar-refractivity contribution is -0.130. The molecule has 1 aromatic rings. The van der Waals surface area contributed by atoms with Crippen molar-refractivity contribution in [3.8, 4) is 0 Å². The molecule has 2 aliphatic carbocycles. The number of carbonyl (C=O) groups is 1. The van der Waals surface area contributed by atoms with E-state index in [1.54, 1.807) is 0 Å². The minimum atomic E-state index is -0.572. The molecule has 2 fully saturated rings. The van der Waals surface area contributed by atoms with Crippen molar-refractivity contribution < 1.29 is 9.53 Å². The van der Waals surface area contributed by atoms with E-state index < -0.39 is 5.41 Å². The monoisotopic (exact) mass is 318 g/mol. The molecule has 22 heavy (non-hydrogen) atoms. The molecular formula is C17H19ClN2O2. The van der Waals surface area contributed by atoms with Crippen molar-refractivity contribution >= 4 is 23.3 Å². The molecule has 2 saturated carbocycles. The van der Waals surface area contributed by atoms with Crippen molar-refractivity contribution in [1.29, 1.82) is 0 Å². The molecule has 3 unspecified atom stereocenters. The summed E-state index contributed by atoms with van der Waals surface area (Å²) in [6, 6.07) is 7.69. The molecule has 4 rings (SSSR count). The van der Waals surface area contributed by atoms with Crippen molar-refractivity contribution in [2.75, 3.05) is 13.6 Å². The van der Waals surface area contributed by atoms with Crippen LogP contribution in [-0.2, 0) is 14.9 Å². The fraction of sp³-hybridized carbons (Fsp3) is 0.529. The molecule has 116 valence electrons. The van der Waals surface area contributed by atoms with Crippen LogP contribution in [-0.4, -0.2) is 36.9 Å². The van der Waals surface area contributed by atoms with E-state index in [9.17, 15) is 4.79 Å². The Morgan fingerprint density at radius 3 is 2.91 bits per heavy atom. The number of benzene rings is 1. The Hall–Kier alpha value is -1.39. The van der Waals surface area contributed by atoms with Gasteiger partial charge in [0.05, 0.1) is 11.0 Å². The topological polar surface area (TPSA) is 50.7 Å². The lowest BCUT2D eigenvalue weighted by atomic mass is 9.53. The summed E-state index contributed by atoms with van der Waals surface area (Å²) in [7, 11) is 1.90. The predicted molar refractivity (Wildman–Crippen MR) is 85.6 cm³/mol. The number of ether oxygens (including phenoxy) is 1. The molecule has 4 nitrogen and oxygen atoms in total. The van der Waals surface area contributed by atoms with Gasteiger partial charge in [-0.2, -0.15) is 0 Å². The lowest BCUT2D eigenvalue weighted by Crippen LogP contribution is -2.59. The third-order valence-corrected chi connectivity index (χ3v) is 5.81. The van der Waals surface area contributed by atoms with Gasteiger partial charge in [-0.1, -0.05) is 29.8 Å². The maximum absolute atomic E-state index is 13.1. The third-order valence-electron chi connectivity index (χ3n) is 5.48. The van der Waals surface area contributed by atoms with Crippen LogP contribution in [0.3, 0.4) is 0 Å². The van der Waals surface area contributed by atoms with Gasteiger partial charge >= 0.3 is 0 Å². The summed E-state index contributed by atoms with van der Waals surface area (Å²) in [4.78, 5) is 18.0. The Morgan fingerprint density at radius 2 is 2.23 bits per heavy atom. The first-order valence-electron chi connectivity index (χ1n) is 7.82. The molecule has 0 amide bonds. The summed E-state index contributed by atoms with van der Waals surface area (Å²) >= 11 is 6.41. The number of nitrogens with one attached hydrogen (secondary N) is 1. The zero-order chi connectivity index (χ0) is 15.4. The van der Waals surface area contributed by atoms with Gasteiger partial charge in [0.15, 0.2) is 17.8 Å². The van der Waals surface area contributed by atoms with Crippen LogP contribution in [0.25, 0.3) is 0 Å². The number of rotatable bonds is 4. The summed E-state index contributed by atoms with van der Waals surface area (Å²) in [5, 5.41) is 3.76. The highest BCUT2D eigenvalue weighted by atomic mass is 35.5. The SMILES string of the molecule is CNCCC1=NC23CCC2(c2ccccc2Cl)C(=O)C(C3)O1. The highest BCUT2D eigenvalue weighted by molar-refractivity contribution is 6.32. The van der Waals surface area contributed by atoms with Crippen LogP contribution >= 0.6 is 11.6 Å². The minimum Gasteiger partial charge on any atom is -0.470 e. The Balaban J connectivity index is 1.80. The first kappa shape index (κ1) is 14.2. The van der Waals surface area contributed by atoms with E-state index >= 15 is 0 Å². The van der Waals surface area contributed by atoms with Gasteiger partial charge in [0.1, 0.15) is 0 Å². The fourth-order valence-corrected chi connectivity index (χ4v) is 4.66. The molecule has 5 heteroatoms. The number of fused-ring (bicyclic) bond motifs is 1. The highest BCUT2D eigenvalue weighted by Gasteiger charge is 2.73. The predicted octanol–water partition coefficient (Wildman–Crippen LogP) is 2.49. The maximum atomic E-state index is 13.1. The average molecular weight is 319 g/mol. The molecule has 3 aliphatic rings. The number of hydrogen-bond acceptors (Lipinski definition) is 4. The van der Waals surface area contributed by atoms with Crippen LogP contribution in [0.2, 0.25) is 5.02 Å². The molecular weight excluding hydrogens is 300 g/mol. The molecule has 3 atom stereocenters. The zero-order valence-electron chi connectivity index (χ0n) is 12.6. The van der Waals surface area contributed by atoms with E-state index in [2.05, 4.69) is 5.32 Å². The molecule has 2 bridgehead atoms. The molecule has 0 aromatic heterocycles. The van der Waals surface area contributed by atoms with Gasteiger partial charge in [-0.25, -0.2) is 4.99 Å². The number of nitrogens with zero attached hydrogens (tertiary/aromatic N) is 1. The van der Waals surface area contributed by atoms with Gasteiger partial charge in [-0.3, -0.25) is 4.79 Å². The van der Waals surface area contributed by atoms with E-state index in [4.69, 9.17) is 21.3 Å². The van der Waals surface area contributed by atoms with Crippen LogP contribution in [0, 0.1) is 0 Å². The van der Waals surface area contributed by atoms with E-state index in [-0.39, 0.29) is 17.4 Å². The summed E-state index contributed by atoms with van der Waals surface area (Å²) in [5.41, 5.74) is 0.0241. The summed E-state index contributed by atoms with van der Waals surface area (Å²) in [5.74, 6) is 0.877. The quantitative estimate of drug-likeness (QED) is 0.928. The van der Waals surface area contributed by atoms with Crippen LogP contribution in [0.5, 0.6) is 0 Å². The summed E-state index contributed by atoms with van der Waals surface area (Å²) in [6.45, 7) is 0.801. The molecule has 1 spiro atoms. The van der Waals surface area contributed by atoms with Crippen molar-refractivity contribution in [1.82, 2.24) is 5.32 Å². The van der Waals surface area contributed by atoms with Gasteiger partial charge in [-0.15, -0.1) is 0 Å². The Morgan fingerprint density at radius 1 is 1.41 bits per heavy atom. The number of carbonyl (C=O) groups excluding carboxylic acids is 1. The normalized spacial score (nSPS) is 35.5. The van der Waals surface area contributed by atoms with E-state index in [1.807, 2.05) is 31.3 Å². The van der Waals surface area contributed by atoms with Crippen LogP contribution in [0.1, 0.15) is 31.2 Å². The van der Waals surface area contributed by atoms with E-state index in [0.29, 0.717) is 17.3 Å². The first-order chi connectivity index (χ1) is 10.6. The fourth-order valence-electron chi connectivity index (χ4n) is 4.36. The smallest absolute Gasteiger partial charge is 0.186 e. The zero-order valence-corrected chi connectivity index (χ0v) is 13.3. The minimum absolute atomic E-state index is 0.162. The molecule has 1 aromatic carbocycles. The highest BCUT2D eigenvalue weighted by Crippen LogP contribution is 2.64. The second-order valence-corrected chi connectivity index (χ2v) is 6.86. The Bertz CT molecular complexity index is 674. The van der Waals surface area contributed by atoms with Crippen LogP contribution in [0.15, 0.2) is 29.3 Å². The van der Waals surface area contributed by atoms with Crippen molar-refractivity contribution in [3.05, 3.63) is 34.9 Å².